The van der Waals surface area contributed by atoms with E-state index in [-0.39, 0.29) is 11.7 Å². The van der Waals surface area contributed by atoms with E-state index in [4.69, 9.17) is 0 Å². The summed E-state index contributed by atoms with van der Waals surface area (Å²) >= 11 is 0. The molecule has 0 bridgehead atoms. The summed E-state index contributed by atoms with van der Waals surface area (Å²) in [6.45, 7) is 7.13. The Morgan fingerprint density at radius 2 is 1.78 bits per heavy atom. The molecule has 4 heteroatoms. The smallest absolute Gasteiger partial charge is 0.225 e. The molecule has 0 saturated heterocycles. The Balaban J connectivity index is 2.70. The van der Waals surface area contributed by atoms with Crippen LogP contribution in [0.1, 0.15) is 39.4 Å². The lowest BCUT2D eigenvalue weighted by Gasteiger charge is -2.25. The van der Waals surface area contributed by atoms with Crippen molar-refractivity contribution in [2.45, 2.75) is 39.8 Å². The van der Waals surface area contributed by atoms with Crippen molar-refractivity contribution in [1.29, 1.82) is 0 Å². The second kappa shape index (κ2) is 5.48. The second-order valence-corrected chi connectivity index (χ2v) is 5.51. The van der Waals surface area contributed by atoms with E-state index in [1.807, 2.05) is 0 Å². The van der Waals surface area contributed by atoms with Gasteiger partial charge in [0.25, 0.3) is 0 Å². The summed E-state index contributed by atoms with van der Waals surface area (Å²) in [4.78, 5) is 11.8. The van der Waals surface area contributed by atoms with Gasteiger partial charge in [0.2, 0.25) is 5.91 Å². The van der Waals surface area contributed by atoms with Gasteiger partial charge in [-0.15, -0.1) is 0 Å². The number of halogens is 1. The third kappa shape index (κ3) is 3.81. The van der Waals surface area contributed by atoms with E-state index in [9.17, 15) is 14.3 Å². The zero-order valence-corrected chi connectivity index (χ0v) is 11.2. The van der Waals surface area contributed by atoms with Crippen LogP contribution in [0.4, 0.5) is 4.39 Å². The molecule has 0 spiro atoms. The molecular formula is C14H20FNO2. The van der Waals surface area contributed by atoms with Crippen LogP contribution in [0, 0.1) is 11.2 Å². The van der Waals surface area contributed by atoms with E-state index < -0.39 is 17.6 Å². The van der Waals surface area contributed by atoms with Gasteiger partial charge in [-0.3, -0.25) is 4.79 Å². The number of carbonyl (C=O) groups is 1. The summed E-state index contributed by atoms with van der Waals surface area (Å²) < 4.78 is 12.8. The molecule has 2 unspecified atom stereocenters. The molecule has 100 valence electrons. The van der Waals surface area contributed by atoms with Crippen LogP contribution >= 0.6 is 0 Å². The van der Waals surface area contributed by atoms with Crippen molar-refractivity contribution in [3.63, 3.8) is 0 Å². The number of carbonyl (C=O) groups excluding carboxylic acids is 1. The predicted molar refractivity (Wildman–Crippen MR) is 68.4 cm³/mol. The van der Waals surface area contributed by atoms with Gasteiger partial charge < -0.3 is 10.4 Å². The maximum atomic E-state index is 12.8. The molecule has 0 aliphatic heterocycles. The number of rotatable bonds is 3. The minimum Gasteiger partial charge on any atom is -0.386 e. The van der Waals surface area contributed by atoms with Crippen LogP contribution in [0.15, 0.2) is 24.3 Å². The number of hydrogen-bond acceptors (Lipinski definition) is 2. The first-order valence-corrected chi connectivity index (χ1v) is 5.96. The summed E-state index contributed by atoms with van der Waals surface area (Å²) in [7, 11) is 0. The fourth-order valence-electron chi connectivity index (χ4n) is 1.45. The van der Waals surface area contributed by atoms with Gasteiger partial charge in [0, 0.05) is 5.41 Å². The fraction of sp³-hybridized carbons (Fsp3) is 0.500. The monoisotopic (exact) mass is 253 g/mol. The van der Waals surface area contributed by atoms with E-state index in [1.165, 1.54) is 24.3 Å². The van der Waals surface area contributed by atoms with Crippen molar-refractivity contribution < 1.29 is 14.3 Å². The first-order chi connectivity index (χ1) is 8.21. The number of amides is 1. The molecule has 1 aromatic rings. The number of benzene rings is 1. The maximum absolute atomic E-state index is 12.8. The fourth-order valence-corrected chi connectivity index (χ4v) is 1.45. The van der Waals surface area contributed by atoms with Crippen molar-refractivity contribution in [1.82, 2.24) is 5.32 Å². The summed E-state index contributed by atoms with van der Waals surface area (Å²) in [5, 5.41) is 12.8. The Bertz CT molecular complexity index is 409. The zero-order chi connectivity index (χ0) is 13.9. The van der Waals surface area contributed by atoms with Gasteiger partial charge in [-0.05, 0) is 24.6 Å². The van der Waals surface area contributed by atoms with E-state index in [2.05, 4.69) is 5.32 Å². The topological polar surface area (TPSA) is 49.3 Å². The van der Waals surface area contributed by atoms with E-state index >= 15 is 0 Å². The van der Waals surface area contributed by atoms with Crippen molar-refractivity contribution in [2.75, 3.05) is 0 Å². The van der Waals surface area contributed by atoms with Crippen molar-refractivity contribution in [2.24, 2.45) is 5.41 Å². The zero-order valence-electron chi connectivity index (χ0n) is 11.2. The quantitative estimate of drug-likeness (QED) is 0.869. The molecule has 2 atom stereocenters. The molecule has 18 heavy (non-hydrogen) atoms. The molecular weight excluding hydrogens is 233 g/mol. The van der Waals surface area contributed by atoms with Gasteiger partial charge in [0.1, 0.15) is 5.82 Å². The highest BCUT2D eigenvalue weighted by atomic mass is 19.1. The van der Waals surface area contributed by atoms with Crippen molar-refractivity contribution in [3.8, 4) is 0 Å². The van der Waals surface area contributed by atoms with Gasteiger partial charge in [0.05, 0.1) is 12.1 Å². The molecule has 2 N–H and O–H groups in total. The Morgan fingerprint density at radius 3 is 2.22 bits per heavy atom. The van der Waals surface area contributed by atoms with Crippen LogP contribution in [-0.2, 0) is 4.79 Å². The van der Waals surface area contributed by atoms with Gasteiger partial charge in [-0.2, -0.15) is 0 Å². The lowest BCUT2D eigenvalue weighted by molar-refractivity contribution is -0.130. The molecule has 3 nitrogen and oxygen atoms in total. The SMILES string of the molecule is CC(NC(=O)C(C)(C)C)C(O)c1ccc(F)cc1. The van der Waals surface area contributed by atoms with Gasteiger partial charge in [-0.25, -0.2) is 4.39 Å². The molecule has 0 aromatic heterocycles. The molecule has 0 fully saturated rings. The highest BCUT2D eigenvalue weighted by Gasteiger charge is 2.25. The lowest BCUT2D eigenvalue weighted by atomic mass is 9.94. The highest BCUT2D eigenvalue weighted by molar-refractivity contribution is 5.81. The standard InChI is InChI=1S/C14H20FNO2/c1-9(16-13(18)14(2,3)4)12(17)10-5-7-11(15)8-6-10/h5-9,12,17H,1-4H3,(H,16,18). The van der Waals surface area contributed by atoms with Crippen LogP contribution in [-0.4, -0.2) is 17.1 Å². The molecule has 0 saturated carbocycles. The molecule has 0 aliphatic rings. The minimum atomic E-state index is -0.850. The van der Waals surface area contributed by atoms with Crippen LogP contribution in [0.3, 0.4) is 0 Å². The summed E-state index contributed by atoms with van der Waals surface area (Å²) in [6.07, 6.45) is -0.850. The predicted octanol–water partition coefficient (Wildman–Crippen LogP) is 2.41. The number of nitrogens with one attached hydrogen (secondary N) is 1. The Hall–Kier alpha value is -1.42. The average molecular weight is 253 g/mol. The third-order valence-electron chi connectivity index (χ3n) is 2.73. The molecule has 0 radical (unpaired) electrons. The number of hydrogen-bond donors (Lipinski definition) is 2. The summed E-state index contributed by atoms with van der Waals surface area (Å²) in [6, 6.07) is 5.18. The van der Waals surface area contributed by atoms with Crippen LogP contribution in [0.2, 0.25) is 0 Å². The summed E-state index contributed by atoms with van der Waals surface area (Å²) in [5.74, 6) is -0.478. The molecule has 1 rings (SSSR count). The highest BCUT2D eigenvalue weighted by Crippen LogP contribution is 2.19. The number of aliphatic hydroxyl groups is 1. The van der Waals surface area contributed by atoms with Crippen LogP contribution in [0.5, 0.6) is 0 Å². The van der Waals surface area contributed by atoms with Crippen LogP contribution in [0.25, 0.3) is 0 Å². The maximum Gasteiger partial charge on any atom is 0.225 e. The lowest BCUT2D eigenvalue weighted by Crippen LogP contribution is -2.43. The van der Waals surface area contributed by atoms with Gasteiger partial charge in [0.15, 0.2) is 0 Å². The molecule has 0 heterocycles. The Labute approximate surface area is 107 Å². The van der Waals surface area contributed by atoms with E-state index in [0.717, 1.165) is 0 Å². The molecule has 1 aromatic carbocycles. The molecule has 1 amide bonds. The third-order valence-corrected chi connectivity index (χ3v) is 2.73. The van der Waals surface area contributed by atoms with Crippen molar-refractivity contribution >= 4 is 5.91 Å². The largest absolute Gasteiger partial charge is 0.386 e. The second-order valence-electron chi connectivity index (χ2n) is 5.51. The van der Waals surface area contributed by atoms with E-state index in [0.29, 0.717) is 5.56 Å². The van der Waals surface area contributed by atoms with Gasteiger partial charge >= 0.3 is 0 Å². The molecule has 0 aliphatic carbocycles. The average Bonchev–Trinajstić information content (AvgIpc) is 2.27. The Kier molecular flexibility index (Phi) is 4.46. The first kappa shape index (κ1) is 14.6. The number of aliphatic hydroxyl groups excluding tert-OH is 1. The Morgan fingerprint density at radius 1 is 1.28 bits per heavy atom. The van der Waals surface area contributed by atoms with Crippen LogP contribution < -0.4 is 5.32 Å². The van der Waals surface area contributed by atoms with E-state index in [1.54, 1.807) is 27.7 Å². The first-order valence-electron chi connectivity index (χ1n) is 5.96. The summed E-state index contributed by atoms with van der Waals surface area (Å²) in [5.41, 5.74) is 0.0784. The minimum absolute atomic E-state index is 0.129. The van der Waals surface area contributed by atoms with Crippen molar-refractivity contribution in [3.05, 3.63) is 35.6 Å². The van der Waals surface area contributed by atoms with Gasteiger partial charge in [-0.1, -0.05) is 32.9 Å². The normalized spacial score (nSPS) is 15.0.